The van der Waals surface area contributed by atoms with Gasteiger partial charge in [-0.05, 0) is 30.7 Å². The van der Waals surface area contributed by atoms with E-state index in [1.165, 1.54) is 25.1 Å². The molecule has 0 atom stereocenters. The number of benzene rings is 1. The molecule has 1 aliphatic rings. The van der Waals surface area contributed by atoms with Crippen LogP contribution in [-0.4, -0.2) is 17.7 Å². The number of carbonyl (C=O) groups is 1. The molecule has 0 spiro atoms. The van der Waals surface area contributed by atoms with Crippen LogP contribution in [0.1, 0.15) is 21.7 Å². The van der Waals surface area contributed by atoms with Gasteiger partial charge in [-0.1, -0.05) is 12.1 Å². The molecule has 0 fully saturated rings. The van der Waals surface area contributed by atoms with Crippen molar-refractivity contribution in [1.82, 2.24) is 0 Å². The lowest BCUT2D eigenvalue weighted by molar-refractivity contribution is 0.104. The number of ether oxygens (including phenoxy) is 2. The van der Waals surface area contributed by atoms with Gasteiger partial charge in [0.2, 0.25) is 6.79 Å². The van der Waals surface area contributed by atoms with Crippen LogP contribution < -0.4 is 15.1 Å². The number of allylic oxidation sites excluding steroid dienone is 1. The predicted octanol–water partition coefficient (Wildman–Crippen LogP) is 2.28. The van der Waals surface area contributed by atoms with Crippen molar-refractivity contribution < 1.29 is 23.8 Å². The molecule has 112 valence electrons. The summed E-state index contributed by atoms with van der Waals surface area (Å²) in [7, 11) is 0. The first-order valence-corrected chi connectivity index (χ1v) is 6.50. The van der Waals surface area contributed by atoms with Crippen LogP contribution in [-0.2, 0) is 0 Å². The van der Waals surface area contributed by atoms with Gasteiger partial charge < -0.3 is 19.0 Å². The molecule has 0 amide bonds. The minimum absolute atomic E-state index is 0.166. The molecule has 0 radical (unpaired) electrons. The summed E-state index contributed by atoms with van der Waals surface area (Å²) in [6, 6.07) is 6.41. The number of fused-ring (bicyclic) bond motifs is 1. The molecule has 0 unspecified atom stereocenters. The van der Waals surface area contributed by atoms with Crippen LogP contribution >= 0.6 is 0 Å². The number of hydrogen-bond acceptors (Lipinski definition) is 6. The van der Waals surface area contributed by atoms with Gasteiger partial charge in [-0.25, -0.2) is 4.79 Å². The second-order valence-corrected chi connectivity index (χ2v) is 4.72. The number of ketones is 1. The van der Waals surface area contributed by atoms with Crippen molar-refractivity contribution in [2.45, 2.75) is 6.92 Å². The van der Waals surface area contributed by atoms with Crippen LogP contribution in [0.2, 0.25) is 0 Å². The van der Waals surface area contributed by atoms with Crippen LogP contribution in [0.5, 0.6) is 17.2 Å². The summed E-state index contributed by atoms with van der Waals surface area (Å²) < 4.78 is 15.2. The monoisotopic (exact) mass is 300 g/mol. The van der Waals surface area contributed by atoms with Crippen molar-refractivity contribution in [3.8, 4) is 17.2 Å². The van der Waals surface area contributed by atoms with Crippen LogP contribution in [0.15, 0.2) is 39.6 Å². The zero-order chi connectivity index (χ0) is 15.7. The molecule has 1 N–H and O–H groups in total. The fraction of sp³-hybridized carbons (Fsp3) is 0.125. The molecule has 6 heteroatoms. The Morgan fingerprint density at radius 1 is 1.23 bits per heavy atom. The molecular formula is C16H12O6. The molecule has 3 rings (SSSR count). The maximum atomic E-state index is 12.0. The lowest BCUT2D eigenvalue weighted by Gasteiger charge is -2.00. The van der Waals surface area contributed by atoms with Crippen LogP contribution in [0, 0.1) is 6.92 Å². The van der Waals surface area contributed by atoms with E-state index < -0.39 is 17.2 Å². The summed E-state index contributed by atoms with van der Waals surface area (Å²) in [6.45, 7) is 1.68. The molecule has 0 saturated carbocycles. The summed E-state index contributed by atoms with van der Waals surface area (Å²) in [4.78, 5) is 23.7. The smallest absolute Gasteiger partial charge is 0.351 e. The lowest BCUT2D eigenvalue weighted by atomic mass is 10.1. The average Bonchev–Trinajstić information content (AvgIpc) is 2.91. The van der Waals surface area contributed by atoms with E-state index >= 15 is 0 Å². The zero-order valence-corrected chi connectivity index (χ0v) is 11.7. The third kappa shape index (κ3) is 2.58. The first-order valence-electron chi connectivity index (χ1n) is 6.50. The van der Waals surface area contributed by atoms with Crippen LogP contribution in [0.4, 0.5) is 0 Å². The zero-order valence-electron chi connectivity index (χ0n) is 11.7. The Hall–Kier alpha value is -3.02. The highest BCUT2D eigenvalue weighted by atomic mass is 16.7. The van der Waals surface area contributed by atoms with Gasteiger partial charge in [-0.3, -0.25) is 4.79 Å². The summed E-state index contributed by atoms with van der Waals surface area (Å²) in [5, 5.41) is 9.72. The Morgan fingerprint density at radius 3 is 2.77 bits per heavy atom. The lowest BCUT2D eigenvalue weighted by Crippen LogP contribution is -2.12. The van der Waals surface area contributed by atoms with E-state index in [0.717, 1.165) is 0 Å². The maximum Gasteiger partial charge on any atom is 0.351 e. The summed E-state index contributed by atoms with van der Waals surface area (Å²) in [5.41, 5.74) is -0.547. The van der Waals surface area contributed by atoms with E-state index in [1.54, 1.807) is 18.2 Å². The maximum absolute atomic E-state index is 12.0. The Labute approximate surface area is 125 Å². The van der Waals surface area contributed by atoms with Crippen molar-refractivity contribution in [1.29, 1.82) is 0 Å². The Kier molecular flexibility index (Phi) is 3.42. The SMILES string of the molecule is Cc1cc(O)c(C(=O)C=Cc2ccc3c(c2)OCO3)c(=O)o1. The third-order valence-corrected chi connectivity index (χ3v) is 3.12. The van der Waals surface area contributed by atoms with E-state index in [-0.39, 0.29) is 18.1 Å². The standard InChI is InChI=1S/C16H12O6/c1-9-6-12(18)15(16(19)22-9)11(17)4-2-10-3-5-13-14(7-10)21-8-20-13/h2-7,18H,8H2,1H3. The summed E-state index contributed by atoms with van der Waals surface area (Å²) >= 11 is 0. The van der Waals surface area contributed by atoms with Gasteiger partial charge in [0.25, 0.3) is 0 Å². The highest BCUT2D eigenvalue weighted by Crippen LogP contribution is 2.32. The van der Waals surface area contributed by atoms with E-state index in [9.17, 15) is 14.7 Å². The minimum atomic E-state index is -0.863. The summed E-state index contributed by atoms with van der Waals surface area (Å²) in [6.07, 6.45) is 2.71. The van der Waals surface area contributed by atoms with Crippen molar-refractivity contribution in [2.75, 3.05) is 6.79 Å². The summed E-state index contributed by atoms with van der Waals surface area (Å²) in [5.74, 6) is 0.435. The number of hydrogen-bond donors (Lipinski definition) is 1. The van der Waals surface area contributed by atoms with Crippen molar-refractivity contribution >= 4 is 11.9 Å². The Balaban J connectivity index is 1.87. The van der Waals surface area contributed by atoms with Gasteiger partial charge in [-0.2, -0.15) is 0 Å². The highest BCUT2D eigenvalue weighted by molar-refractivity contribution is 6.08. The Bertz CT molecular complexity index is 831. The number of carbonyl (C=O) groups excluding carboxylic acids is 1. The molecule has 2 heterocycles. The molecule has 1 aromatic carbocycles. The molecule has 22 heavy (non-hydrogen) atoms. The van der Waals surface area contributed by atoms with E-state index in [0.29, 0.717) is 17.1 Å². The van der Waals surface area contributed by atoms with Crippen LogP contribution in [0.25, 0.3) is 6.08 Å². The van der Waals surface area contributed by atoms with Gasteiger partial charge >= 0.3 is 5.63 Å². The Morgan fingerprint density at radius 2 is 2.00 bits per heavy atom. The van der Waals surface area contributed by atoms with Crippen molar-refractivity contribution in [3.63, 3.8) is 0 Å². The molecule has 1 aliphatic heterocycles. The van der Waals surface area contributed by atoms with Gasteiger partial charge in [0.1, 0.15) is 17.1 Å². The first-order chi connectivity index (χ1) is 10.5. The quantitative estimate of drug-likeness (QED) is 0.691. The van der Waals surface area contributed by atoms with Crippen molar-refractivity contribution in [3.05, 3.63) is 57.6 Å². The fourth-order valence-corrected chi connectivity index (χ4v) is 2.09. The minimum Gasteiger partial charge on any atom is -0.507 e. The van der Waals surface area contributed by atoms with E-state index in [2.05, 4.69) is 0 Å². The molecule has 0 aliphatic carbocycles. The second-order valence-electron chi connectivity index (χ2n) is 4.72. The predicted molar refractivity (Wildman–Crippen MR) is 77.3 cm³/mol. The molecule has 0 bridgehead atoms. The molecular weight excluding hydrogens is 288 g/mol. The normalized spacial score (nSPS) is 12.8. The number of aromatic hydroxyl groups is 1. The number of rotatable bonds is 3. The number of aryl methyl sites for hydroxylation is 1. The van der Waals surface area contributed by atoms with E-state index in [4.69, 9.17) is 13.9 Å². The van der Waals surface area contributed by atoms with Gasteiger partial charge in [0.05, 0.1) is 0 Å². The third-order valence-electron chi connectivity index (χ3n) is 3.12. The second kappa shape index (κ2) is 5.40. The van der Waals surface area contributed by atoms with Crippen LogP contribution in [0.3, 0.4) is 0 Å². The van der Waals surface area contributed by atoms with E-state index in [1.807, 2.05) is 0 Å². The van der Waals surface area contributed by atoms with Gasteiger partial charge in [0, 0.05) is 6.07 Å². The molecule has 0 saturated heterocycles. The first kappa shape index (κ1) is 13.9. The average molecular weight is 300 g/mol. The molecule has 1 aromatic heterocycles. The fourth-order valence-electron chi connectivity index (χ4n) is 2.09. The molecule has 6 nitrogen and oxygen atoms in total. The molecule has 2 aromatic rings. The largest absolute Gasteiger partial charge is 0.507 e. The van der Waals surface area contributed by atoms with Crippen molar-refractivity contribution in [2.24, 2.45) is 0 Å². The van der Waals surface area contributed by atoms with Gasteiger partial charge in [0.15, 0.2) is 17.3 Å². The highest BCUT2D eigenvalue weighted by Gasteiger charge is 2.16. The van der Waals surface area contributed by atoms with Gasteiger partial charge in [-0.15, -0.1) is 0 Å². The topological polar surface area (TPSA) is 86.0 Å².